The molecule has 2 N–H and O–H groups in total. The molecule has 134 valence electrons. The van der Waals surface area contributed by atoms with Crippen LogP contribution in [0.4, 0.5) is 5.82 Å². The zero-order valence-electron chi connectivity index (χ0n) is 15.1. The number of aromatic nitrogens is 5. The van der Waals surface area contributed by atoms with E-state index in [0.717, 1.165) is 11.3 Å². The van der Waals surface area contributed by atoms with Gasteiger partial charge in [-0.25, -0.2) is 4.98 Å². The van der Waals surface area contributed by atoms with Gasteiger partial charge in [-0.1, -0.05) is 13.0 Å². The fourth-order valence-electron chi connectivity index (χ4n) is 2.69. The average Bonchev–Trinajstić information content (AvgIpc) is 2.90. The molecule has 3 rings (SSSR count). The van der Waals surface area contributed by atoms with Crippen LogP contribution in [0.3, 0.4) is 0 Å². The highest BCUT2D eigenvalue weighted by Gasteiger charge is 2.19. The van der Waals surface area contributed by atoms with E-state index in [-0.39, 0.29) is 23.1 Å². The number of aromatic amines is 1. The van der Waals surface area contributed by atoms with Crippen LogP contribution in [-0.4, -0.2) is 30.6 Å². The van der Waals surface area contributed by atoms with E-state index in [2.05, 4.69) is 25.4 Å². The molecule has 26 heavy (non-hydrogen) atoms. The van der Waals surface area contributed by atoms with Crippen molar-refractivity contribution in [2.75, 3.05) is 5.32 Å². The zero-order valence-corrected chi connectivity index (χ0v) is 15.1. The number of aryl methyl sites for hydroxylation is 2. The van der Waals surface area contributed by atoms with Gasteiger partial charge in [-0.15, -0.1) is 0 Å². The van der Waals surface area contributed by atoms with Gasteiger partial charge in [0.2, 0.25) is 5.95 Å². The van der Waals surface area contributed by atoms with Gasteiger partial charge in [0.15, 0.2) is 0 Å². The molecule has 3 aromatic heterocycles. The fourth-order valence-corrected chi connectivity index (χ4v) is 2.69. The molecule has 0 fully saturated rings. The number of H-pyrrole nitrogens is 1. The largest absolute Gasteiger partial charge is 0.305 e. The minimum Gasteiger partial charge on any atom is -0.305 e. The lowest BCUT2D eigenvalue weighted by Gasteiger charge is -2.10. The third kappa shape index (κ3) is 3.13. The molecule has 0 radical (unpaired) electrons. The van der Waals surface area contributed by atoms with E-state index in [9.17, 15) is 9.59 Å². The lowest BCUT2D eigenvalue weighted by Crippen LogP contribution is -2.22. The standard InChI is InChI=1S/C18H20N6O2/c1-5-13-12(4)20-18(22-16(13)25)24-15(10(2)11(3)23-24)21-17(26)14-8-6-7-9-19-14/h6-9H,5H2,1-4H3,(H,21,26)(H,20,22,25). The van der Waals surface area contributed by atoms with Gasteiger partial charge in [0.1, 0.15) is 11.5 Å². The van der Waals surface area contributed by atoms with Crippen LogP contribution in [0.25, 0.3) is 5.95 Å². The first-order valence-electron chi connectivity index (χ1n) is 8.31. The lowest BCUT2D eigenvalue weighted by molar-refractivity contribution is 0.102. The number of carbonyl (C=O) groups excluding carboxylic acids is 1. The topological polar surface area (TPSA) is 106 Å². The summed E-state index contributed by atoms with van der Waals surface area (Å²) in [5, 5.41) is 7.23. The Labute approximate surface area is 150 Å². The van der Waals surface area contributed by atoms with Crippen LogP contribution in [-0.2, 0) is 6.42 Å². The van der Waals surface area contributed by atoms with Crippen molar-refractivity contribution in [3.63, 3.8) is 0 Å². The van der Waals surface area contributed by atoms with Crippen molar-refractivity contribution in [2.24, 2.45) is 0 Å². The number of hydrogen-bond acceptors (Lipinski definition) is 5. The van der Waals surface area contributed by atoms with E-state index in [1.165, 1.54) is 4.68 Å². The van der Waals surface area contributed by atoms with Gasteiger partial charge < -0.3 is 5.32 Å². The third-order valence-electron chi connectivity index (χ3n) is 4.25. The number of carbonyl (C=O) groups is 1. The number of nitrogens with one attached hydrogen (secondary N) is 2. The van der Waals surface area contributed by atoms with Crippen LogP contribution >= 0.6 is 0 Å². The molecule has 0 aliphatic carbocycles. The van der Waals surface area contributed by atoms with Crippen molar-refractivity contribution in [3.05, 3.63) is 63.0 Å². The average molecular weight is 352 g/mol. The minimum atomic E-state index is -0.362. The van der Waals surface area contributed by atoms with E-state index >= 15 is 0 Å². The fraction of sp³-hybridized carbons (Fsp3) is 0.278. The smallest absolute Gasteiger partial charge is 0.275 e. The molecule has 0 bridgehead atoms. The summed E-state index contributed by atoms with van der Waals surface area (Å²) in [6.07, 6.45) is 2.14. The van der Waals surface area contributed by atoms with Gasteiger partial charge >= 0.3 is 0 Å². The Morgan fingerprint density at radius 2 is 2.00 bits per heavy atom. The van der Waals surface area contributed by atoms with Crippen molar-refractivity contribution in [1.29, 1.82) is 0 Å². The summed E-state index contributed by atoms with van der Waals surface area (Å²) in [5.74, 6) is 0.348. The first-order chi connectivity index (χ1) is 12.4. The Morgan fingerprint density at radius 3 is 2.62 bits per heavy atom. The van der Waals surface area contributed by atoms with Gasteiger partial charge in [0, 0.05) is 23.0 Å². The van der Waals surface area contributed by atoms with E-state index in [1.807, 2.05) is 20.8 Å². The SMILES string of the molecule is CCc1c(C)nc(-n2nc(C)c(C)c2NC(=O)c2ccccn2)[nH]c1=O. The second-order valence-electron chi connectivity index (χ2n) is 5.95. The first-order valence-corrected chi connectivity index (χ1v) is 8.31. The molecule has 3 aromatic rings. The van der Waals surface area contributed by atoms with Crippen molar-refractivity contribution in [1.82, 2.24) is 24.7 Å². The van der Waals surface area contributed by atoms with Gasteiger partial charge in [-0.05, 0) is 39.3 Å². The Balaban J connectivity index is 2.06. The summed E-state index contributed by atoms with van der Waals surface area (Å²) >= 11 is 0. The monoisotopic (exact) mass is 352 g/mol. The highest BCUT2D eigenvalue weighted by Crippen LogP contribution is 2.21. The van der Waals surface area contributed by atoms with Crippen molar-refractivity contribution < 1.29 is 4.79 Å². The number of rotatable bonds is 4. The van der Waals surface area contributed by atoms with Crippen molar-refractivity contribution >= 4 is 11.7 Å². The number of nitrogens with zero attached hydrogens (tertiary/aromatic N) is 4. The normalized spacial score (nSPS) is 10.8. The van der Waals surface area contributed by atoms with Crippen molar-refractivity contribution in [2.45, 2.75) is 34.1 Å². The van der Waals surface area contributed by atoms with Gasteiger partial charge in [-0.2, -0.15) is 9.78 Å². The second-order valence-corrected chi connectivity index (χ2v) is 5.95. The minimum absolute atomic E-state index is 0.206. The lowest BCUT2D eigenvalue weighted by atomic mass is 10.2. The van der Waals surface area contributed by atoms with Gasteiger partial charge in [0.25, 0.3) is 11.5 Å². The number of pyridine rings is 1. The highest BCUT2D eigenvalue weighted by molar-refractivity contribution is 6.02. The van der Waals surface area contributed by atoms with E-state index in [1.54, 1.807) is 31.3 Å². The Morgan fingerprint density at radius 1 is 1.23 bits per heavy atom. The number of hydrogen-bond donors (Lipinski definition) is 2. The molecule has 0 atom stereocenters. The number of amides is 1. The summed E-state index contributed by atoms with van der Waals surface area (Å²) in [6.45, 7) is 7.36. The predicted octanol–water partition coefficient (Wildman–Crippen LogP) is 2.09. The quantitative estimate of drug-likeness (QED) is 0.748. The Kier molecular flexibility index (Phi) is 4.66. The van der Waals surface area contributed by atoms with Crippen LogP contribution in [0.1, 0.15) is 39.9 Å². The molecule has 0 unspecified atom stereocenters. The zero-order chi connectivity index (χ0) is 18.8. The maximum atomic E-state index is 12.5. The van der Waals surface area contributed by atoms with Crippen LogP contribution < -0.4 is 10.9 Å². The second kappa shape index (κ2) is 6.91. The maximum absolute atomic E-state index is 12.5. The molecule has 0 aromatic carbocycles. The highest BCUT2D eigenvalue weighted by atomic mass is 16.2. The molecule has 1 amide bonds. The Bertz CT molecular complexity index is 1020. The van der Waals surface area contributed by atoms with Crippen LogP contribution in [0.5, 0.6) is 0 Å². The molecule has 8 nitrogen and oxygen atoms in total. The Hall–Kier alpha value is -3.29. The van der Waals surface area contributed by atoms with Crippen LogP contribution in [0, 0.1) is 20.8 Å². The van der Waals surface area contributed by atoms with E-state index in [4.69, 9.17) is 0 Å². The van der Waals surface area contributed by atoms with E-state index in [0.29, 0.717) is 23.5 Å². The summed E-state index contributed by atoms with van der Waals surface area (Å²) < 4.78 is 1.44. The summed E-state index contributed by atoms with van der Waals surface area (Å²) in [4.78, 5) is 36.0. The predicted molar refractivity (Wildman–Crippen MR) is 97.8 cm³/mol. The summed E-state index contributed by atoms with van der Waals surface area (Å²) in [6, 6.07) is 5.10. The molecule has 0 saturated carbocycles. The molecular formula is C18H20N6O2. The summed E-state index contributed by atoms with van der Waals surface area (Å²) in [5.41, 5.74) is 2.86. The van der Waals surface area contributed by atoms with Gasteiger partial charge in [0.05, 0.1) is 5.69 Å². The molecule has 8 heteroatoms. The summed E-state index contributed by atoms with van der Waals surface area (Å²) in [7, 11) is 0. The van der Waals surface area contributed by atoms with Crippen LogP contribution in [0.15, 0.2) is 29.2 Å². The van der Waals surface area contributed by atoms with E-state index < -0.39 is 0 Å². The first kappa shape index (κ1) is 17.5. The van der Waals surface area contributed by atoms with Crippen molar-refractivity contribution in [3.8, 4) is 5.95 Å². The van der Waals surface area contributed by atoms with Crippen LogP contribution in [0.2, 0.25) is 0 Å². The molecular weight excluding hydrogens is 332 g/mol. The third-order valence-corrected chi connectivity index (χ3v) is 4.25. The molecule has 0 aliphatic heterocycles. The molecule has 3 heterocycles. The molecule has 0 spiro atoms. The maximum Gasteiger partial charge on any atom is 0.275 e. The molecule has 0 saturated heterocycles. The van der Waals surface area contributed by atoms with Gasteiger partial charge in [-0.3, -0.25) is 19.6 Å². The number of anilines is 1. The molecule has 0 aliphatic rings.